The van der Waals surface area contributed by atoms with E-state index in [1.807, 2.05) is 36.4 Å². The van der Waals surface area contributed by atoms with Crippen molar-refractivity contribution in [3.8, 4) is 11.5 Å². The average Bonchev–Trinajstić information content (AvgIpc) is 2.86. The second-order valence-corrected chi connectivity index (χ2v) is 10.2. The Kier molecular flexibility index (Phi) is 5.24. The van der Waals surface area contributed by atoms with Crippen LogP contribution in [0.2, 0.25) is 0 Å². The lowest BCUT2D eigenvalue weighted by Gasteiger charge is -2.61. The van der Waals surface area contributed by atoms with Crippen LogP contribution in [-0.4, -0.2) is 26.1 Å². The summed E-state index contributed by atoms with van der Waals surface area (Å²) in [7, 11) is 3.35. The Hall–Kier alpha value is -2.34. The lowest BCUT2D eigenvalue weighted by atomic mass is 9.53. The first-order valence-electron chi connectivity index (χ1n) is 12.1. The van der Waals surface area contributed by atoms with Crippen LogP contribution in [0.1, 0.15) is 49.3 Å². The number of rotatable bonds is 5. The molecule has 0 unspecified atom stereocenters. The zero-order valence-corrected chi connectivity index (χ0v) is 19.4. The van der Waals surface area contributed by atoms with Crippen LogP contribution in [0, 0.1) is 23.7 Å². The molecule has 0 amide bonds. The van der Waals surface area contributed by atoms with Gasteiger partial charge in [-0.05, 0) is 84.9 Å². The van der Waals surface area contributed by atoms with E-state index in [0.717, 1.165) is 40.0 Å². The fraction of sp³-hybridized carbons (Fsp3) is 0.500. The molecular formula is C28H32O5. The molecule has 4 saturated carbocycles. The van der Waals surface area contributed by atoms with Gasteiger partial charge in [0.1, 0.15) is 23.7 Å². The van der Waals surface area contributed by atoms with Gasteiger partial charge in [-0.3, -0.25) is 0 Å². The Bertz CT molecular complexity index is 984. The molecule has 5 fully saturated rings. The third-order valence-corrected chi connectivity index (χ3v) is 8.39. The Morgan fingerprint density at radius 2 is 1.36 bits per heavy atom. The zero-order valence-electron chi connectivity index (χ0n) is 19.4. The molecule has 33 heavy (non-hydrogen) atoms. The second kappa shape index (κ2) is 8.15. The van der Waals surface area contributed by atoms with Gasteiger partial charge in [0, 0.05) is 11.8 Å². The van der Waals surface area contributed by atoms with Crippen LogP contribution in [-0.2, 0) is 14.5 Å². The molecule has 1 spiro atoms. The quantitative estimate of drug-likeness (QED) is 0.528. The van der Waals surface area contributed by atoms with Gasteiger partial charge in [0.05, 0.1) is 14.2 Å². The molecule has 2 aromatic carbocycles. The maximum absolute atomic E-state index is 7.04. The van der Waals surface area contributed by atoms with Gasteiger partial charge in [-0.2, -0.15) is 4.89 Å². The summed E-state index contributed by atoms with van der Waals surface area (Å²) >= 11 is 0. The summed E-state index contributed by atoms with van der Waals surface area (Å²) in [6, 6.07) is 16.0. The van der Waals surface area contributed by atoms with Crippen molar-refractivity contribution < 1.29 is 24.0 Å². The molecule has 5 aliphatic rings. The number of ether oxygens (including phenoxy) is 3. The normalized spacial score (nSPS) is 36.7. The SMILES string of the molecule is C=C(c1ccc(OC)cc1)[C@H]1OOC2(O[C@@H]1c1ccc(OC)cc1)C1CC3CC(C1)CC2C3. The molecule has 2 atom stereocenters. The number of hydrogen-bond acceptors (Lipinski definition) is 5. The molecule has 2 aromatic rings. The van der Waals surface area contributed by atoms with Gasteiger partial charge in [-0.15, -0.1) is 0 Å². The molecule has 1 aliphatic heterocycles. The first kappa shape index (κ1) is 21.2. The largest absolute Gasteiger partial charge is 0.497 e. The van der Waals surface area contributed by atoms with Crippen LogP contribution in [0.15, 0.2) is 55.1 Å². The molecular weight excluding hydrogens is 416 g/mol. The predicted molar refractivity (Wildman–Crippen MR) is 125 cm³/mol. The lowest BCUT2D eigenvalue weighted by Crippen LogP contribution is -2.63. The van der Waals surface area contributed by atoms with Crippen molar-refractivity contribution >= 4 is 5.57 Å². The van der Waals surface area contributed by atoms with Crippen molar-refractivity contribution in [2.45, 2.75) is 50.1 Å². The molecule has 0 radical (unpaired) electrons. The molecule has 4 aliphatic carbocycles. The number of hydrogen-bond donors (Lipinski definition) is 0. The first-order valence-corrected chi connectivity index (χ1v) is 12.1. The Balaban J connectivity index is 1.34. The molecule has 5 nitrogen and oxygen atoms in total. The topological polar surface area (TPSA) is 46.2 Å². The van der Waals surface area contributed by atoms with Crippen molar-refractivity contribution in [2.24, 2.45) is 23.7 Å². The van der Waals surface area contributed by atoms with Crippen LogP contribution >= 0.6 is 0 Å². The van der Waals surface area contributed by atoms with Crippen LogP contribution in [0.3, 0.4) is 0 Å². The van der Waals surface area contributed by atoms with Gasteiger partial charge in [0.15, 0.2) is 0 Å². The second-order valence-electron chi connectivity index (χ2n) is 10.2. The van der Waals surface area contributed by atoms with Gasteiger partial charge < -0.3 is 14.2 Å². The van der Waals surface area contributed by atoms with Crippen molar-refractivity contribution in [1.29, 1.82) is 0 Å². The smallest absolute Gasteiger partial charge is 0.208 e. The van der Waals surface area contributed by atoms with E-state index >= 15 is 0 Å². The maximum Gasteiger partial charge on any atom is 0.208 e. The van der Waals surface area contributed by atoms with Gasteiger partial charge in [0.2, 0.25) is 5.79 Å². The van der Waals surface area contributed by atoms with E-state index in [9.17, 15) is 0 Å². The maximum atomic E-state index is 7.04. The van der Waals surface area contributed by atoms with E-state index in [2.05, 4.69) is 18.7 Å². The third-order valence-electron chi connectivity index (χ3n) is 8.39. The van der Waals surface area contributed by atoms with E-state index in [1.54, 1.807) is 14.2 Å². The third kappa shape index (κ3) is 3.49. The van der Waals surface area contributed by atoms with Crippen LogP contribution in [0.25, 0.3) is 5.57 Å². The summed E-state index contributed by atoms with van der Waals surface area (Å²) in [6.07, 6.45) is 5.33. The van der Waals surface area contributed by atoms with Gasteiger partial charge in [-0.1, -0.05) is 30.8 Å². The van der Waals surface area contributed by atoms with E-state index in [4.69, 9.17) is 24.0 Å². The Labute approximate surface area is 195 Å². The summed E-state index contributed by atoms with van der Waals surface area (Å²) < 4.78 is 17.7. The van der Waals surface area contributed by atoms with Crippen molar-refractivity contribution in [3.05, 3.63) is 66.2 Å². The average molecular weight is 449 g/mol. The fourth-order valence-corrected chi connectivity index (χ4v) is 6.87. The fourth-order valence-electron chi connectivity index (χ4n) is 6.87. The minimum absolute atomic E-state index is 0.309. The van der Waals surface area contributed by atoms with Crippen molar-refractivity contribution in [2.75, 3.05) is 14.2 Å². The lowest BCUT2D eigenvalue weighted by molar-refractivity contribution is -0.533. The van der Waals surface area contributed by atoms with E-state index < -0.39 is 11.9 Å². The Morgan fingerprint density at radius 3 is 1.91 bits per heavy atom. The molecule has 1 saturated heterocycles. The first-order chi connectivity index (χ1) is 16.1. The molecule has 7 rings (SSSR count). The van der Waals surface area contributed by atoms with Gasteiger partial charge >= 0.3 is 0 Å². The minimum atomic E-state index is -0.658. The number of benzene rings is 2. The molecule has 0 N–H and O–H groups in total. The highest BCUT2D eigenvalue weighted by atomic mass is 17.2. The molecule has 174 valence electrons. The van der Waals surface area contributed by atoms with Crippen LogP contribution in [0.4, 0.5) is 0 Å². The molecule has 1 heterocycles. The van der Waals surface area contributed by atoms with E-state index in [0.29, 0.717) is 11.8 Å². The highest BCUT2D eigenvalue weighted by Gasteiger charge is 2.63. The standard InChI is InChI=1S/C28H32O5/c1-17(20-4-8-24(29-2)9-5-20)26-27(21-6-10-25(30-3)11-7-21)31-28(33-32-26)22-13-18-12-19(15-22)16-23(28)14-18/h4-11,18-19,22-23,26-27H,1,12-16H2,2-3H3/t18?,19?,22?,23?,26-,27-,28?/m1/s1. The minimum Gasteiger partial charge on any atom is -0.497 e. The molecule has 4 bridgehead atoms. The Morgan fingerprint density at radius 1 is 0.818 bits per heavy atom. The predicted octanol–water partition coefficient (Wildman–Crippen LogP) is 5.96. The van der Waals surface area contributed by atoms with Crippen LogP contribution in [0.5, 0.6) is 11.5 Å². The molecule has 5 heteroatoms. The summed E-state index contributed by atoms with van der Waals surface area (Å²) in [6.45, 7) is 4.39. The summed E-state index contributed by atoms with van der Waals surface area (Å²) in [5.74, 6) is 3.39. The van der Waals surface area contributed by atoms with Gasteiger partial charge in [-0.25, -0.2) is 4.89 Å². The summed E-state index contributed by atoms with van der Waals surface area (Å²) in [5, 5.41) is 0. The van der Waals surface area contributed by atoms with E-state index in [1.165, 1.54) is 32.1 Å². The van der Waals surface area contributed by atoms with Crippen molar-refractivity contribution in [1.82, 2.24) is 0 Å². The van der Waals surface area contributed by atoms with Crippen LogP contribution < -0.4 is 9.47 Å². The number of methoxy groups -OCH3 is 2. The summed E-state index contributed by atoms with van der Waals surface area (Å²) in [5.41, 5.74) is 2.86. The van der Waals surface area contributed by atoms with Crippen molar-refractivity contribution in [3.63, 3.8) is 0 Å². The van der Waals surface area contributed by atoms with E-state index in [-0.39, 0.29) is 6.10 Å². The highest BCUT2D eigenvalue weighted by Crippen LogP contribution is 2.62. The zero-order chi connectivity index (χ0) is 22.6. The monoisotopic (exact) mass is 448 g/mol. The van der Waals surface area contributed by atoms with Gasteiger partial charge in [0.25, 0.3) is 0 Å². The highest BCUT2D eigenvalue weighted by molar-refractivity contribution is 5.68. The molecule has 0 aromatic heterocycles. The summed E-state index contributed by atoms with van der Waals surface area (Å²) in [4.78, 5) is 12.6.